The molecular weight excluding hydrogens is 496 g/mol. The summed E-state index contributed by atoms with van der Waals surface area (Å²) in [7, 11) is -3.95. The van der Waals surface area contributed by atoms with Crippen LogP contribution in [0.4, 0.5) is 20.4 Å². The first-order chi connectivity index (χ1) is 17.8. The van der Waals surface area contributed by atoms with Crippen LogP contribution in [0.25, 0.3) is 22.0 Å². The van der Waals surface area contributed by atoms with Crippen LogP contribution in [0, 0.1) is 18.6 Å². The fourth-order valence-corrected chi connectivity index (χ4v) is 5.78. The predicted molar refractivity (Wildman–Crippen MR) is 142 cm³/mol. The van der Waals surface area contributed by atoms with Crippen LogP contribution in [-0.4, -0.2) is 37.5 Å². The van der Waals surface area contributed by atoms with Gasteiger partial charge in [-0.05, 0) is 61.2 Å². The topological polar surface area (TPSA) is 96.0 Å². The molecule has 0 amide bonds. The van der Waals surface area contributed by atoms with Crippen LogP contribution in [0.3, 0.4) is 0 Å². The van der Waals surface area contributed by atoms with Crippen LogP contribution in [0.15, 0.2) is 60.8 Å². The Balaban J connectivity index is 1.40. The number of nitrogens with zero attached hydrogens (tertiary/aromatic N) is 2. The van der Waals surface area contributed by atoms with E-state index in [0.29, 0.717) is 33.5 Å². The first-order valence-electron chi connectivity index (χ1n) is 12.1. The Morgan fingerprint density at radius 2 is 1.89 bits per heavy atom. The molecule has 5 rings (SSSR count). The molecule has 1 aromatic heterocycles. The number of nitrogens with one attached hydrogen (secondary N) is 3. The second-order valence-electron chi connectivity index (χ2n) is 9.25. The first-order valence-corrected chi connectivity index (χ1v) is 13.7. The number of fused-ring (bicyclic) bond motifs is 1. The van der Waals surface area contributed by atoms with Gasteiger partial charge in [-0.1, -0.05) is 36.4 Å². The molecule has 1 aliphatic heterocycles. The van der Waals surface area contributed by atoms with Crippen LogP contribution in [0.1, 0.15) is 24.0 Å². The number of hydrogen-bond donors (Lipinski definition) is 3. The van der Waals surface area contributed by atoms with E-state index >= 15 is 8.78 Å². The lowest BCUT2D eigenvalue weighted by molar-refractivity contribution is 0.478. The van der Waals surface area contributed by atoms with Gasteiger partial charge in [0.15, 0.2) is 11.6 Å². The number of benzene rings is 3. The van der Waals surface area contributed by atoms with Gasteiger partial charge in [0.2, 0.25) is 16.0 Å². The van der Waals surface area contributed by atoms with Crippen molar-refractivity contribution in [3.8, 4) is 11.1 Å². The zero-order valence-electron chi connectivity index (χ0n) is 20.3. The molecule has 1 saturated heterocycles. The zero-order valence-corrected chi connectivity index (χ0v) is 21.1. The van der Waals surface area contributed by atoms with E-state index < -0.39 is 27.3 Å². The van der Waals surface area contributed by atoms with Gasteiger partial charge in [0.1, 0.15) is 0 Å². The van der Waals surface area contributed by atoms with Gasteiger partial charge in [0, 0.05) is 29.7 Å². The maximum Gasteiger partial charge on any atom is 0.237 e. The van der Waals surface area contributed by atoms with E-state index in [-0.39, 0.29) is 17.4 Å². The monoisotopic (exact) mass is 523 g/mol. The summed E-state index contributed by atoms with van der Waals surface area (Å²) < 4.78 is 57.7. The molecule has 192 valence electrons. The minimum Gasteiger partial charge on any atom is -0.350 e. The number of halogens is 2. The Hall–Kier alpha value is -3.63. The van der Waals surface area contributed by atoms with Gasteiger partial charge in [0.05, 0.1) is 17.0 Å². The van der Waals surface area contributed by atoms with Gasteiger partial charge in [-0.25, -0.2) is 27.2 Å². The highest BCUT2D eigenvalue weighted by molar-refractivity contribution is 7.91. The fourth-order valence-electron chi connectivity index (χ4n) is 4.60. The molecule has 2 heterocycles. The summed E-state index contributed by atoms with van der Waals surface area (Å²) in [5.41, 5.74) is 1.68. The minimum absolute atomic E-state index is 0.0564. The third-order valence-corrected chi connectivity index (χ3v) is 7.61. The van der Waals surface area contributed by atoms with Crippen LogP contribution >= 0.6 is 0 Å². The Morgan fingerprint density at radius 1 is 1.08 bits per heavy atom. The van der Waals surface area contributed by atoms with Crippen molar-refractivity contribution < 1.29 is 17.2 Å². The van der Waals surface area contributed by atoms with Crippen LogP contribution in [0.2, 0.25) is 0 Å². The molecule has 3 N–H and O–H groups in total. The van der Waals surface area contributed by atoms with E-state index in [9.17, 15) is 8.42 Å². The highest BCUT2D eigenvalue weighted by Gasteiger charge is 2.22. The Labute approximate surface area is 214 Å². The molecule has 0 bridgehead atoms. The molecule has 3 aromatic carbocycles. The van der Waals surface area contributed by atoms with Gasteiger partial charge in [0.25, 0.3) is 0 Å². The van der Waals surface area contributed by atoms with Gasteiger partial charge in [-0.3, -0.25) is 4.72 Å². The fraction of sp³-hybridized carbons (Fsp3) is 0.259. The lowest BCUT2D eigenvalue weighted by atomic mass is 9.97. The third-order valence-electron chi connectivity index (χ3n) is 6.37. The van der Waals surface area contributed by atoms with Crippen molar-refractivity contribution in [3.63, 3.8) is 0 Å². The number of aromatic nitrogens is 2. The standard InChI is InChI=1S/C27H27F2N5O2S/c1-17-12-23(34-37(35,36)16-18-6-3-2-4-7-18)25(28)26(29)24(17)19-9-10-22-20(13-19)14-31-27(33-22)32-21-8-5-11-30-15-21/h2-4,6-7,9-10,12-14,21,30,34H,5,8,11,15-16H2,1H3,(H,31,32,33). The van der Waals surface area contributed by atoms with E-state index in [0.717, 1.165) is 25.9 Å². The zero-order chi connectivity index (χ0) is 26.0. The summed E-state index contributed by atoms with van der Waals surface area (Å²) in [6.45, 7) is 3.47. The van der Waals surface area contributed by atoms with E-state index in [4.69, 9.17) is 0 Å². The van der Waals surface area contributed by atoms with Gasteiger partial charge >= 0.3 is 0 Å². The van der Waals surface area contributed by atoms with E-state index in [1.165, 1.54) is 6.07 Å². The smallest absolute Gasteiger partial charge is 0.237 e. The molecule has 10 heteroatoms. The Kier molecular flexibility index (Phi) is 7.03. The summed E-state index contributed by atoms with van der Waals surface area (Å²) in [4.78, 5) is 8.95. The molecule has 0 aliphatic carbocycles. The minimum atomic E-state index is -3.95. The number of rotatable bonds is 7. The molecular formula is C27H27F2N5O2S. The second kappa shape index (κ2) is 10.4. The second-order valence-corrected chi connectivity index (χ2v) is 11.0. The van der Waals surface area contributed by atoms with E-state index in [1.807, 2.05) is 0 Å². The summed E-state index contributed by atoms with van der Waals surface area (Å²) in [5, 5.41) is 7.35. The number of hydrogen-bond acceptors (Lipinski definition) is 6. The lowest BCUT2D eigenvalue weighted by Crippen LogP contribution is -2.38. The van der Waals surface area contributed by atoms with Gasteiger partial charge < -0.3 is 10.6 Å². The normalized spacial score (nSPS) is 16.0. The number of sulfonamides is 1. The van der Waals surface area contributed by atoms with Crippen molar-refractivity contribution in [1.82, 2.24) is 15.3 Å². The summed E-state index contributed by atoms with van der Waals surface area (Å²) >= 11 is 0. The Morgan fingerprint density at radius 3 is 2.65 bits per heavy atom. The Bertz CT molecular complexity index is 1540. The summed E-state index contributed by atoms with van der Waals surface area (Å²) in [6.07, 6.45) is 3.78. The van der Waals surface area contributed by atoms with E-state index in [2.05, 4.69) is 25.3 Å². The van der Waals surface area contributed by atoms with Crippen molar-refractivity contribution >= 4 is 32.6 Å². The number of aryl methyl sites for hydroxylation is 1. The van der Waals surface area contributed by atoms with Crippen molar-refractivity contribution in [2.24, 2.45) is 0 Å². The molecule has 0 saturated carbocycles. The summed E-state index contributed by atoms with van der Waals surface area (Å²) in [6, 6.07) is 15.2. The lowest BCUT2D eigenvalue weighted by Gasteiger charge is -2.23. The third kappa shape index (κ3) is 5.70. The molecule has 0 radical (unpaired) electrons. The molecule has 1 atom stereocenters. The van der Waals surface area contributed by atoms with Crippen LogP contribution in [0.5, 0.6) is 0 Å². The van der Waals surface area contributed by atoms with Crippen LogP contribution in [-0.2, 0) is 15.8 Å². The van der Waals surface area contributed by atoms with Gasteiger partial charge in [-0.15, -0.1) is 0 Å². The number of anilines is 2. The van der Waals surface area contributed by atoms with Crippen molar-refractivity contribution in [2.45, 2.75) is 31.6 Å². The molecule has 1 fully saturated rings. The molecule has 1 aliphatic rings. The highest BCUT2D eigenvalue weighted by Crippen LogP contribution is 2.34. The maximum atomic E-state index is 15.3. The average Bonchev–Trinajstić information content (AvgIpc) is 2.88. The predicted octanol–water partition coefficient (Wildman–Crippen LogP) is 4.99. The molecule has 1 unspecified atom stereocenters. The first kappa shape index (κ1) is 25.0. The maximum absolute atomic E-state index is 15.3. The van der Waals surface area contributed by atoms with Crippen LogP contribution < -0.4 is 15.4 Å². The van der Waals surface area contributed by atoms with Crippen molar-refractivity contribution in [2.75, 3.05) is 23.1 Å². The molecule has 0 spiro atoms. The quantitative estimate of drug-likeness (QED) is 0.316. The SMILES string of the molecule is Cc1cc(NS(=O)(=O)Cc2ccccc2)c(F)c(F)c1-c1ccc2nc(NC3CCCNC3)ncc2c1. The van der Waals surface area contributed by atoms with Gasteiger partial charge in [-0.2, -0.15) is 0 Å². The van der Waals surface area contributed by atoms with E-state index in [1.54, 1.807) is 61.7 Å². The van der Waals surface area contributed by atoms with Crippen molar-refractivity contribution in [3.05, 3.63) is 83.6 Å². The number of piperidine rings is 1. The van der Waals surface area contributed by atoms with Crippen molar-refractivity contribution in [1.29, 1.82) is 0 Å². The molecule has 7 nitrogen and oxygen atoms in total. The summed E-state index contributed by atoms with van der Waals surface area (Å²) in [5.74, 6) is -2.21. The molecule has 37 heavy (non-hydrogen) atoms. The molecule has 4 aromatic rings. The highest BCUT2D eigenvalue weighted by atomic mass is 32.2. The largest absolute Gasteiger partial charge is 0.350 e. The average molecular weight is 524 g/mol.